The molecule has 126 valence electrons. The highest BCUT2D eigenvalue weighted by atomic mass is 16.2. The van der Waals surface area contributed by atoms with Gasteiger partial charge in [0, 0.05) is 5.69 Å². The van der Waals surface area contributed by atoms with Gasteiger partial charge in [-0.05, 0) is 36.4 Å². The molecule has 1 amide bonds. The summed E-state index contributed by atoms with van der Waals surface area (Å²) < 4.78 is 1.62. The molecule has 3 aromatic carbocycles. The van der Waals surface area contributed by atoms with Crippen molar-refractivity contribution in [2.75, 3.05) is 5.32 Å². The molecule has 0 bridgehead atoms. The largest absolute Gasteiger partial charge is 0.320 e. The number of benzene rings is 3. The average molecular weight is 341 g/mol. The number of aromatic nitrogens is 2. The van der Waals surface area contributed by atoms with E-state index in [1.54, 1.807) is 28.9 Å². The van der Waals surface area contributed by atoms with Gasteiger partial charge in [0.25, 0.3) is 5.91 Å². The zero-order valence-electron chi connectivity index (χ0n) is 13.8. The molecule has 0 atom stereocenters. The van der Waals surface area contributed by atoms with Gasteiger partial charge in [-0.25, -0.2) is 4.68 Å². The zero-order chi connectivity index (χ0) is 17.9. The van der Waals surface area contributed by atoms with Crippen molar-refractivity contribution in [3.8, 4) is 5.69 Å². The summed E-state index contributed by atoms with van der Waals surface area (Å²) in [5.74, 6) is -0.531. The Bertz CT molecular complexity index is 1140. The van der Waals surface area contributed by atoms with Crippen LogP contribution in [0.2, 0.25) is 0 Å². The maximum atomic E-state index is 12.8. The van der Waals surface area contributed by atoms with Crippen LogP contribution in [0.15, 0.2) is 89.7 Å². The Balaban J connectivity index is 1.89. The Kier molecular flexibility index (Phi) is 4.03. The van der Waals surface area contributed by atoms with Crippen molar-refractivity contribution in [3.63, 3.8) is 0 Å². The van der Waals surface area contributed by atoms with E-state index < -0.39 is 5.91 Å². The molecule has 0 unspecified atom stereocenters. The minimum atomic E-state index is -0.531. The van der Waals surface area contributed by atoms with Gasteiger partial charge in [-0.3, -0.25) is 9.59 Å². The Morgan fingerprint density at radius 3 is 2.15 bits per heavy atom. The molecule has 1 N–H and O–H groups in total. The van der Waals surface area contributed by atoms with Gasteiger partial charge < -0.3 is 5.32 Å². The Labute approximate surface area is 149 Å². The van der Waals surface area contributed by atoms with Crippen LogP contribution in [-0.4, -0.2) is 15.7 Å². The molecule has 26 heavy (non-hydrogen) atoms. The molecular formula is C21H15N3O2. The summed E-state index contributed by atoms with van der Waals surface area (Å²) in [5.41, 5.74) is 1.51. The molecule has 5 nitrogen and oxygen atoms in total. The number of nitrogens with zero attached hydrogens (tertiary/aromatic N) is 2. The summed E-state index contributed by atoms with van der Waals surface area (Å²) in [6.07, 6.45) is 0. The summed E-state index contributed by atoms with van der Waals surface area (Å²) in [6.45, 7) is 0. The fraction of sp³-hybridized carbons (Fsp3) is 0. The molecule has 0 saturated heterocycles. The van der Waals surface area contributed by atoms with Gasteiger partial charge in [0.2, 0.25) is 5.43 Å². The Morgan fingerprint density at radius 2 is 1.42 bits per heavy atom. The third-order valence-electron chi connectivity index (χ3n) is 4.04. The van der Waals surface area contributed by atoms with Crippen LogP contribution < -0.4 is 10.7 Å². The molecular weight excluding hydrogens is 326 g/mol. The van der Waals surface area contributed by atoms with Crippen molar-refractivity contribution < 1.29 is 4.79 Å². The molecule has 0 aliphatic carbocycles. The molecule has 0 radical (unpaired) electrons. The summed E-state index contributed by atoms with van der Waals surface area (Å²) in [4.78, 5) is 25.5. The van der Waals surface area contributed by atoms with E-state index in [0.717, 1.165) is 5.69 Å². The fourth-order valence-electron chi connectivity index (χ4n) is 2.80. The van der Waals surface area contributed by atoms with Crippen LogP contribution in [0.25, 0.3) is 16.6 Å². The van der Waals surface area contributed by atoms with Crippen LogP contribution in [-0.2, 0) is 0 Å². The summed E-state index contributed by atoms with van der Waals surface area (Å²) in [7, 11) is 0. The van der Waals surface area contributed by atoms with E-state index in [0.29, 0.717) is 16.6 Å². The van der Waals surface area contributed by atoms with E-state index in [1.807, 2.05) is 60.7 Å². The van der Waals surface area contributed by atoms with Gasteiger partial charge in [-0.1, -0.05) is 48.5 Å². The number of rotatable bonds is 3. The van der Waals surface area contributed by atoms with Crippen molar-refractivity contribution >= 4 is 22.5 Å². The number of anilines is 1. The lowest BCUT2D eigenvalue weighted by Gasteiger charge is -2.12. The number of hydrogen-bond acceptors (Lipinski definition) is 3. The number of carbonyl (C=O) groups excluding carboxylic acids is 1. The Hall–Kier alpha value is -3.73. The summed E-state index contributed by atoms with van der Waals surface area (Å²) >= 11 is 0. The number of amides is 1. The van der Waals surface area contributed by atoms with Crippen LogP contribution in [0.1, 0.15) is 10.5 Å². The Morgan fingerprint density at radius 1 is 0.808 bits per heavy atom. The van der Waals surface area contributed by atoms with Gasteiger partial charge in [-0.2, -0.15) is 5.10 Å². The molecule has 1 aromatic heterocycles. The summed E-state index contributed by atoms with van der Waals surface area (Å²) in [5, 5.41) is 7.54. The second kappa shape index (κ2) is 6.64. The highest BCUT2D eigenvalue weighted by molar-refractivity contribution is 6.04. The fourth-order valence-corrected chi connectivity index (χ4v) is 2.80. The predicted molar refractivity (Wildman–Crippen MR) is 102 cm³/mol. The first-order valence-electron chi connectivity index (χ1n) is 8.18. The highest BCUT2D eigenvalue weighted by Crippen LogP contribution is 2.16. The van der Waals surface area contributed by atoms with E-state index in [1.165, 1.54) is 0 Å². The van der Waals surface area contributed by atoms with Gasteiger partial charge in [-0.15, -0.1) is 0 Å². The number of nitrogens with one attached hydrogen (secondary N) is 1. The third-order valence-corrected chi connectivity index (χ3v) is 4.04. The predicted octanol–water partition coefficient (Wildman–Crippen LogP) is 3.64. The van der Waals surface area contributed by atoms with Crippen molar-refractivity contribution in [3.05, 3.63) is 101 Å². The first-order chi connectivity index (χ1) is 12.7. The minimum absolute atomic E-state index is 0.142. The number of carbonyl (C=O) groups is 1. The topological polar surface area (TPSA) is 64.0 Å². The van der Waals surface area contributed by atoms with E-state index in [2.05, 4.69) is 10.4 Å². The SMILES string of the molecule is O=C(Nc1ccccc1)c1nn(-c2ccccc2)c2ccccc2c1=O. The van der Waals surface area contributed by atoms with Crippen molar-refractivity contribution in [1.82, 2.24) is 9.78 Å². The van der Waals surface area contributed by atoms with Crippen LogP contribution in [0.3, 0.4) is 0 Å². The number of fused-ring (bicyclic) bond motifs is 1. The third kappa shape index (κ3) is 2.86. The highest BCUT2D eigenvalue weighted by Gasteiger charge is 2.18. The maximum Gasteiger partial charge on any atom is 0.280 e. The smallest absolute Gasteiger partial charge is 0.280 e. The zero-order valence-corrected chi connectivity index (χ0v) is 13.8. The van der Waals surface area contributed by atoms with E-state index >= 15 is 0 Å². The van der Waals surface area contributed by atoms with E-state index in [-0.39, 0.29) is 11.1 Å². The van der Waals surface area contributed by atoms with Gasteiger partial charge in [0.15, 0.2) is 5.69 Å². The maximum absolute atomic E-state index is 12.8. The van der Waals surface area contributed by atoms with Crippen molar-refractivity contribution in [1.29, 1.82) is 0 Å². The molecule has 4 aromatic rings. The van der Waals surface area contributed by atoms with Gasteiger partial charge >= 0.3 is 0 Å². The van der Waals surface area contributed by atoms with Crippen molar-refractivity contribution in [2.24, 2.45) is 0 Å². The number of para-hydroxylation sites is 3. The second-order valence-electron chi connectivity index (χ2n) is 5.76. The lowest BCUT2D eigenvalue weighted by molar-refractivity contribution is 0.102. The van der Waals surface area contributed by atoms with Crippen LogP contribution in [0.5, 0.6) is 0 Å². The molecule has 1 heterocycles. The average Bonchev–Trinajstić information content (AvgIpc) is 2.70. The number of hydrogen-bond donors (Lipinski definition) is 1. The van der Waals surface area contributed by atoms with Crippen LogP contribution in [0.4, 0.5) is 5.69 Å². The molecule has 0 aliphatic rings. The summed E-state index contributed by atoms with van der Waals surface area (Å²) in [6, 6.07) is 25.6. The van der Waals surface area contributed by atoms with E-state index in [9.17, 15) is 9.59 Å². The van der Waals surface area contributed by atoms with Gasteiger partial charge in [0.1, 0.15) is 0 Å². The lowest BCUT2D eigenvalue weighted by atomic mass is 10.2. The normalized spacial score (nSPS) is 10.6. The van der Waals surface area contributed by atoms with E-state index in [4.69, 9.17) is 0 Å². The molecule has 0 spiro atoms. The minimum Gasteiger partial charge on any atom is -0.320 e. The molecule has 0 fully saturated rings. The van der Waals surface area contributed by atoms with Crippen molar-refractivity contribution in [2.45, 2.75) is 0 Å². The first kappa shape index (κ1) is 15.8. The lowest BCUT2D eigenvalue weighted by Crippen LogP contribution is -2.26. The molecule has 5 heteroatoms. The first-order valence-corrected chi connectivity index (χ1v) is 8.18. The quantitative estimate of drug-likeness (QED) is 0.619. The second-order valence-corrected chi connectivity index (χ2v) is 5.76. The molecule has 4 rings (SSSR count). The van der Waals surface area contributed by atoms with Crippen LogP contribution in [0, 0.1) is 0 Å². The van der Waals surface area contributed by atoms with Crippen LogP contribution >= 0.6 is 0 Å². The monoisotopic (exact) mass is 341 g/mol. The standard InChI is InChI=1S/C21H15N3O2/c25-20-17-13-7-8-14-18(17)24(16-11-5-2-6-12-16)23-19(20)21(26)22-15-9-3-1-4-10-15/h1-14H,(H,22,26). The molecule has 0 saturated carbocycles. The van der Waals surface area contributed by atoms with Gasteiger partial charge in [0.05, 0.1) is 16.6 Å². The molecule has 0 aliphatic heterocycles.